The van der Waals surface area contributed by atoms with Gasteiger partial charge in [-0.25, -0.2) is 4.98 Å². The lowest BCUT2D eigenvalue weighted by molar-refractivity contribution is -0.117. The standard InChI is InChI=1S/C13H15N3OS/c14-11(6-9-4-2-1-3-5-9)13-16-10(8-18-13)7-12(15)17/h1-5,8,11H,6-7,14H2,(H2,15,17). The number of nitrogens with zero attached hydrogens (tertiary/aromatic N) is 1. The van der Waals surface area contributed by atoms with Crippen molar-refractivity contribution in [2.45, 2.75) is 18.9 Å². The first-order chi connectivity index (χ1) is 8.65. The molecule has 0 bridgehead atoms. The van der Waals surface area contributed by atoms with Crippen molar-refractivity contribution in [2.24, 2.45) is 11.5 Å². The zero-order chi connectivity index (χ0) is 13.0. The van der Waals surface area contributed by atoms with Crippen molar-refractivity contribution in [3.8, 4) is 0 Å². The average Bonchev–Trinajstić information content (AvgIpc) is 2.78. The van der Waals surface area contributed by atoms with E-state index in [1.807, 2.05) is 35.7 Å². The Kier molecular flexibility index (Phi) is 4.07. The number of amides is 1. The predicted octanol–water partition coefficient (Wildman–Crippen LogP) is 1.41. The highest BCUT2D eigenvalue weighted by Gasteiger charge is 2.12. The lowest BCUT2D eigenvalue weighted by Gasteiger charge is -2.08. The van der Waals surface area contributed by atoms with Crippen LogP contribution in [0.3, 0.4) is 0 Å². The highest BCUT2D eigenvalue weighted by molar-refractivity contribution is 7.09. The van der Waals surface area contributed by atoms with E-state index in [-0.39, 0.29) is 18.4 Å². The van der Waals surface area contributed by atoms with E-state index in [2.05, 4.69) is 4.98 Å². The lowest BCUT2D eigenvalue weighted by Crippen LogP contribution is -2.15. The quantitative estimate of drug-likeness (QED) is 0.853. The van der Waals surface area contributed by atoms with Crippen molar-refractivity contribution < 1.29 is 4.79 Å². The largest absolute Gasteiger partial charge is 0.369 e. The van der Waals surface area contributed by atoms with Gasteiger partial charge in [0.15, 0.2) is 0 Å². The van der Waals surface area contributed by atoms with Crippen molar-refractivity contribution in [1.29, 1.82) is 0 Å². The number of aromatic nitrogens is 1. The molecule has 4 N–H and O–H groups in total. The Hall–Kier alpha value is -1.72. The van der Waals surface area contributed by atoms with E-state index in [9.17, 15) is 4.79 Å². The van der Waals surface area contributed by atoms with Gasteiger partial charge in [-0.05, 0) is 12.0 Å². The highest BCUT2D eigenvalue weighted by Crippen LogP contribution is 2.20. The zero-order valence-corrected chi connectivity index (χ0v) is 10.7. The van der Waals surface area contributed by atoms with E-state index in [1.54, 1.807) is 0 Å². The predicted molar refractivity (Wildman–Crippen MR) is 72.1 cm³/mol. The van der Waals surface area contributed by atoms with Crippen LogP contribution in [-0.4, -0.2) is 10.9 Å². The molecule has 94 valence electrons. The normalized spacial score (nSPS) is 12.3. The molecular weight excluding hydrogens is 246 g/mol. The van der Waals surface area contributed by atoms with Gasteiger partial charge in [-0.2, -0.15) is 0 Å². The molecule has 18 heavy (non-hydrogen) atoms. The summed E-state index contributed by atoms with van der Waals surface area (Å²) in [7, 11) is 0. The molecule has 1 atom stereocenters. The van der Waals surface area contributed by atoms with E-state index in [0.29, 0.717) is 5.69 Å². The molecular formula is C13H15N3OS. The van der Waals surface area contributed by atoms with Crippen LogP contribution in [0.25, 0.3) is 0 Å². The molecule has 0 spiro atoms. The Morgan fingerprint density at radius 3 is 2.72 bits per heavy atom. The molecule has 4 nitrogen and oxygen atoms in total. The van der Waals surface area contributed by atoms with Crippen LogP contribution >= 0.6 is 11.3 Å². The van der Waals surface area contributed by atoms with Crippen LogP contribution in [0, 0.1) is 0 Å². The Morgan fingerprint density at radius 2 is 2.06 bits per heavy atom. The third-order valence-electron chi connectivity index (χ3n) is 2.54. The number of thiazole rings is 1. The number of rotatable bonds is 5. The fraction of sp³-hybridized carbons (Fsp3) is 0.231. The van der Waals surface area contributed by atoms with Crippen molar-refractivity contribution >= 4 is 17.2 Å². The van der Waals surface area contributed by atoms with E-state index in [4.69, 9.17) is 11.5 Å². The number of hydrogen-bond donors (Lipinski definition) is 2. The second-order valence-electron chi connectivity index (χ2n) is 4.12. The number of carbonyl (C=O) groups excluding carboxylic acids is 1. The number of benzene rings is 1. The SMILES string of the molecule is NC(=O)Cc1csc(C(N)Cc2ccccc2)n1. The van der Waals surface area contributed by atoms with Crippen LogP contribution in [0.5, 0.6) is 0 Å². The van der Waals surface area contributed by atoms with Gasteiger partial charge in [0.05, 0.1) is 18.2 Å². The summed E-state index contributed by atoms with van der Waals surface area (Å²) in [5, 5.41) is 2.68. The Morgan fingerprint density at radius 1 is 1.33 bits per heavy atom. The smallest absolute Gasteiger partial charge is 0.223 e. The van der Waals surface area contributed by atoms with Gasteiger partial charge in [-0.3, -0.25) is 4.79 Å². The molecule has 0 aliphatic carbocycles. The fourth-order valence-electron chi connectivity index (χ4n) is 1.71. The van der Waals surface area contributed by atoms with Gasteiger partial charge >= 0.3 is 0 Å². The Balaban J connectivity index is 2.03. The Labute approximate surface area is 110 Å². The molecule has 0 saturated carbocycles. The third kappa shape index (κ3) is 3.38. The first-order valence-corrected chi connectivity index (χ1v) is 6.55. The van der Waals surface area contributed by atoms with Gasteiger partial charge in [0, 0.05) is 5.38 Å². The molecule has 2 rings (SSSR count). The van der Waals surface area contributed by atoms with Crippen molar-refractivity contribution in [3.05, 3.63) is 52.0 Å². The molecule has 0 aliphatic rings. The van der Waals surface area contributed by atoms with E-state index < -0.39 is 0 Å². The molecule has 1 heterocycles. The minimum atomic E-state index is -0.372. The van der Waals surface area contributed by atoms with E-state index >= 15 is 0 Å². The first kappa shape index (κ1) is 12.7. The monoisotopic (exact) mass is 261 g/mol. The van der Waals surface area contributed by atoms with Crippen LogP contribution in [0.2, 0.25) is 0 Å². The number of nitrogens with two attached hydrogens (primary N) is 2. The molecule has 1 unspecified atom stereocenters. The first-order valence-electron chi connectivity index (χ1n) is 5.67. The van der Waals surface area contributed by atoms with Gasteiger partial charge in [0.2, 0.25) is 5.91 Å². The second-order valence-corrected chi connectivity index (χ2v) is 5.01. The van der Waals surface area contributed by atoms with Crippen LogP contribution in [0.1, 0.15) is 22.3 Å². The van der Waals surface area contributed by atoms with Gasteiger partial charge < -0.3 is 11.5 Å². The maximum Gasteiger partial charge on any atom is 0.223 e. The summed E-state index contributed by atoms with van der Waals surface area (Å²) >= 11 is 1.47. The van der Waals surface area contributed by atoms with Crippen LogP contribution in [0.4, 0.5) is 0 Å². The lowest BCUT2D eigenvalue weighted by atomic mass is 10.1. The molecule has 2 aromatic rings. The summed E-state index contributed by atoms with van der Waals surface area (Å²) in [5.74, 6) is -0.372. The maximum absolute atomic E-state index is 10.8. The molecule has 0 fully saturated rings. The third-order valence-corrected chi connectivity index (χ3v) is 3.57. The van der Waals surface area contributed by atoms with E-state index in [1.165, 1.54) is 16.9 Å². The zero-order valence-electron chi connectivity index (χ0n) is 9.87. The fourth-order valence-corrected chi connectivity index (χ4v) is 2.53. The van der Waals surface area contributed by atoms with Gasteiger partial charge in [0.25, 0.3) is 0 Å². The molecule has 1 aromatic heterocycles. The minimum Gasteiger partial charge on any atom is -0.369 e. The van der Waals surface area contributed by atoms with Crippen LogP contribution in [0.15, 0.2) is 35.7 Å². The molecule has 0 aliphatic heterocycles. The molecule has 5 heteroatoms. The summed E-state index contributed by atoms with van der Waals surface area (Å²) in [6.45, 7) is 0. The molecule has 0 radical (unpaired) electrons. The van der Waals surface area contributed by atoms with Crippen molar-refractivity contribution in [3.63, 3.8) is 0 Å². The van der Waals surface area contributed by atoms with Gasteiger partial charge in [0.1, 0.15) is 5.01 Å². The maximum atomic E-state index is 10.8. The van der Waals surface area contributed by atoms with Crippen LogP contribution in [-0.2, 0) is 17.6 Å². The van der Waals surface area contributed by atoms with E-state index in [0.717, 1.165) is 11.4 Å². The summed E-state index contributed by atoms with van der Waals surface area (Å²) in [6.07, 6.45) is 0.916. The number of carbonyl (C=O) groups is 1. The van der Waals surface area contributed by atoms with Crippen molar-refractivity contribution in [2.75, 3.05) is 0 Å². The number of primary amides is 1. The summed E-state index contributed by atoms with van der Waals surface area (Å²) in [5.41, 5.74) is 13.1. The highest BCUT2D eigenvalue weighted by atomic mass is 32.1. The van der Waals surface area contributed by atoms with Gasteiger partial charge in [-0.1, -0.05) is 30.3 Å². The summed E-state index contributed by atoms with van der Waals surface area (Å²) < 4.78 is 0. The topological polar surface area (TPSA) is 82.0 Å². The molecule has 1 amide bonds. The average molecular weight is 261 g/mol. The molecule has 0 saturated heterocycles. The summed E-state index contributed by atoms with van der Waals surface area (Å²) in [4.78, 5) is 15.1. The number of hydrogen-bond acceptors (Lipinski definition) is 4. The van der Waals surface area contributed by atoms with Gasteiger partial charge in [-0.15, -0.1) is 11.3 Å². The molecule has 1 aromatic carbocycles. The second kappa shape index (κ2) is 5.75. The minimum absolute atomic E-state index is 0.140. The summed E-state index contributed by atoms with van der Waals surface area (Å²) in [6, 6.07) is 9.89. The van der Waals surface area contributed by atoms with Crippen LogP contribution < -0.4 is 11.5 Å². The Bertz CT molecular complexity index is 524. The van der Waals surface area contributed by atoms with Crippen molar-refractivity contribution in [1.82, 2.24) is 4.98 Å².